The largest absolute Gasteiger partial charge is 0.493 e. The first-order valence-electron chi connectivity index (χ1n) is 5.25. The van der Waals surface area contributed by atoms with E-state index in [1.807, 2.05) is 12.1 Å². The average molecular weight is 266 g/mol. The van der Waals surface area contributed by atoms with E-state index in [2.05, 4.69) is 9.97 Å². The van der Waals surface area contributed by atoms with Gasteiger partial charge in [-0.2, -0.15) is 0 Å². The Bertz CT molecular complexity index is 531. The van der Waals surface area contributed by atoms with Gasteiger partial charge in [0, 0.05) is 6.54 Å². The van der Waals surface area contributed by atoms with Gasteiger partial charge < -0.3 is 15.2 Å². The van der Waals surface area contributed by atoms with Crippen molar-refractivity contribution in [3.63, 3.8) is 0 Å². The minimum atomic E-state index is 0.207. The molecule has 0 saturated carbocycles. The highest BCUT2D eigenvalue weighted by atomic mass is 35.5. The van der Waals surface area contributed by atoms with Crippen LogP contribution < -0.4 is 15.2 Å². The van der Waals surface area contributed by atoms with E-state index in [1.165, 1.54) is 12.4 Å². The highest BCUT2D eigenvalue weighted by molar-refractivity contribution is 6.30. The van der Waals surface area contributed by atoms with Crippen LogP contribution >= 0.6 is 11.6 Å². The third-order valence-electron chi connectivity index (χ3n) is 2.26. The number of aromatic nitrogens is 2. The molecule has 0 saturated heterocycles. The van der Waals surface area contributed by atoms with Crippen molar-refractivity contribution in [3.8, 4) is 17.5 Å². The molecule has 0 unspecified atom stereocenters. The molecule has 1 aromatic carbocycles. The summed E-state index contributed by atoms with van der Waals surface area (Å²) in [6.45, 7) is 0.439. The van der Waals surface area contributed by atoms with Gasteiger partial charge in [0.05, 0.1) is 24.5 Å². The van der Waals surface area contributed by atoms with Crippen LogP contribution in [0.25, 0.3) is 0 Å². The van der Waals surface area contributed by atoms with Crippen molar-refractivity contribution < 1.29 is 9.47 Å². The molecule has 2 rings (SSSR count). The van der Waals surface area contributed by atoms with E-state index < -0.39 is 0 Å². The van der Waals surface area contributed by atoms with E-state index in [0.29, 0.717) is 23.1 Å². The quantitative estimate of drug-likeness (QED) is 0.919. The summed E-state index contributed by atoms with van der Waals surface area (Å²) in [6.07, 6.45) is 2.93. The Hall–Kier alpha value is -1.85. The average Bonchev–Trinajstić information content (AvgIpc) is 2.41. The Morgan fingerprint density at radius 3 is 2.56 bits per heavy atom. The van der Waals surface area contributed by atoms with Gasteiger partial charge in [0.2, 0.25) is 0 Å². The predicted molar refractivity (Wildman–Crippen MR) is 68.0 cm³/mol. The summed E-state index contributed by atoms with van der Waals surface area (Å²) in [5, 5.41) is 0.452. The fraction of sp³-hybridized carbons (Fsp3) is 0.167. The van der Waals surface area contributed by atoms with Crippen molar-refractivity contribution >= 4 is 11.6 Å². The maximum atomic E-state index is 5.69. The van der Waals surface area contributed by atoms with Crippen molar-refractivity contribution in [3.05, 3.63) is 41.2 Å². The lowest BCUT2D eigenvalue weighted by atomic mass is 10.2. The molecule has 6 heteroatoms. The van der Waals surface area contributed by atoms with Crippen LogP contribution in [-0.2, 0) is 6.54 Å². The Morgan fingerprint density at radius 2 is 1.94 bits per heavy atom. The smallest absolute Gasteiger partial charge is 0.322 e. The Kier molecular flexibility index (Phi) is 3.96. The van der Waals surface area contributed by atoms with Gasteiger partial charge in [-0.05, 0) is 17.7 Å². The Morgan fingerprint density at radius 1 is 1.22 bits per heavy atom. The number of nitrogens with zero attached hydrogens (tertiary/aromatic N) is 2. The topological polar surface area (TPSA) is 70.3 Å². The normalized spacial score (nSPS) is 10.2. The van der Waals surface area contributed by atoms with Crippen molar-refractivity contribution in [2.24, 2.45) is 5.73 Å². The maximum absolute atomic E-state index is 5.69. The molecule has 94 valence electrons. The highest BCUT2D eigenvalue weighted by Crippen LogP contribution is 2.30. The second-order valence-electron chi connectivity index (χ2n) is 3.48. The van der Waals surface area contributed by atoms with Gasteiger partial charge in [0.15, 0.2) is 11.5 Å². The summed E-state index contributed by atoms with van der Waals surface area (Å²) < 4.78 is 10.7. The number of rotatable bonds is 4. The van der Waals surface area contributed by atoms with Crippen LogP contribution in [0, 0.1) is 0 Å². The lowest BCUT2D eigenvalue weighted by Crippen LogP contribution is -1.99. The van der Waals surface area contributed by atoms with Crippen molar-refractivity contribution in [1.82, 2.24) is 9.97 Å². The summed E-state index contributed by atoms with van der Waals surface area (Å²) >= 11 is 5.69. The van der Waals surface area contributed by atoms with Crippen LogP contribution in [0.2, 0.25) is 5.02 Å². The lowest BCUT2D eigenvalue weighted by molar-refractivity contribution is 0.367. The Balaban J connectivity index is 2.25. The van der Waals surface area contributed by atoms with Crippen molar-refractivity contribution in [2.45, 2.75) is 6.54 Å². The zero-order valence-electron chi connectivity index (χ0n) is 9.76. The second kappa shape index (κ2) is 5.66. The molecule has 0 amide bonds. The molecule has 18 heavy (non-hydrogen) atoms. The zero-order valence-corrected chi connectivity index (χ0v) is 10.5. The number of benzene rings is 1. The molecule has 2 aromatic rings. The number of hydrogen-bond donors (Lipinski definition) is 1. The molecule has 0 spiro atoms. The van der Waals surface area contributed by atoms with Gasteiger partial charge in [0.1, 0.15) is 0 Å². The zero-order chi connectivity index (χ0) is 13.0. The molecule has 1 aromatic heterocycles. The molecule has 0 fully saturated rings. The van der Waals surface area contributed by atoms with E-state index >= 15 is 0 Å². The molecule has 0 aliphatic rings. The Labute approximate surface area is 110 Å². The first-order chi connectivity index (χ1) is 8.72. The van der Waals surface area contributed by atoms with Crippen molar-refractivity contribution in [2.75, 3.05) is 7.11 Å². The van der Waals surface area contributed by atoms with Crippen LogP contribution in [0.3, 0.4) is 0 Å². The fourth-order valence-corrected chi connectivity index (χ4v) is 1.47. The molecule has 5 nitrogen and oxygen atoms in total. The van der Waals surface area contributed by atoms with Crippen LogP contribution in [0.1, 0.15) is 5.56 Å². The van der Waals surface area contributed by atoms with E-state index in [9.17, 15) is 0 Å². The van der Waals surface area contributed by atoms with Gasteiger partial charge in [-0.25, -0.2) is 9.97 Å². The summed E-state index contributed by atoms with van der Waals surface area (Å²) in [7, 11) is 1.56. The van der Waals surface area contributed by atoms with Crippen LogP contribution in [0.4, 0.5) is 0 Å². The van der Waals surface area contributed by atoms with Gasteiger partial charge in [-0.3, -0.25) is 0 Å². The summed E-state index contributed by atoms with van der Waals surface area (Å²) in [6, 6.07) is 5.64. The number of nitrogens with two attached hydrogens (primary N) is 1. The highest BCUT2D eigenvalue weighted by Gasteiger charge is 2.08. The monoisotopic (exact) mass is 265 g/mol. The summed E-state index contributed by atoms with van der Waals surface area (Å²) in [5.74, 6) is 1.11. The predicted octanol–water partition coefficient (Wildman–Crippen LogP) is 2.39. The number of methoxy groups -OCH3 is 1. The van der Waals surface area contributed by atoms with Gasteiger partial charge in [-0.15, -0.1) is 0 Å². The molecule has 0 atom stereocenters. The van der Waals surface area contributed by atoms with Crippen LogP contribution in [0.5, 0.6) is 17.5 Å². The number of halogens is 1. The van der Waals surface area contributed by atoms with Gasteiger partial charge >= 0.3 is 6.01 Å². The number of hydrogen-bond acceptors (Lipinski definition) is 5. The SMILES string of the molecule is COc1cc(CN)ccc1Oc1ncc(Cl)cn1. The van der Waals surface area contributed by atoms with Crippen molar-refractivity contribution in [1.29, 1.82) is 0 Å². The molecule has 0 aliphatic carbocycles. The van der Waals surface area contributed by atoms with E-state index in [0.717, 1.165) is 5.56 Å². The minimum Gasteiger partial charge on any atom is -0.493 e. The minimum absolute atomic E-state index is 0.207. The molecule has 1 heterocycles. The third kappa shape index (κ3) is 2.88. The van der Waals surface area contributed by atoms with E-state index in [-0.39, 0.29) is 6.01 Å². The third-order valence-corrected chi connectivity index (χ3v) is 2.46. The first-order valence-corrected chi connectivity index (χ1v) is 5.63. The molecule has 2 N–H and O–H groups in total. The summed E-state index contributed by atoms with van der Waals surface area (Å²) in [4.78, 5) is 7.89. The van der Waals surface area contributed by atoms with Gasteiger partial charge in [0.25, 0.3) is 0 Å². The van der Waals surface area contributed by atoms with Gasteiger partial charge in [-0.1, -0.05) is 17.7 Å². The van der Waals surface area contributed by atoms with Crippen LogP contribution in [0.15, 0.2) is 30.6 Å². The molecule has 0 aliphatic heterocycles. The molecular formula is C12H12ClN3O2. The number of ether oxygens (including phenoxy) is 2. The lowest BCUT2D eigenvalue weighted by Gasteiger charge is -2.09. The standard InChI is InChI=1S/C12H12ClN3O2/c1-17-11-4-8(5-14)2-3-10(11)18-12-15-6-9(13)7-16-12/h2-4,6-7H,5,14H2,1H3. The van der Waals surface area contributed by atoms with E-state index in [1.54, 1.807) is 13.2 Å². The summed E-state index contributed by atoms with van der Waals surface area (Å²) in [5.41, 5.74) is 6.51. The van der Waals surface area contributed by atoms with Crippen LogP contribution in [-0.4, -0.2) is 17.1 Å². The second-order valence-corrected chi connectivity index (χ2v) is 3.91. The molecule has 0 bridgehead atoms. The fourth-order valence-electron chi connectivity index (χ4n) is 1.37. The maximum Gasteiger partial charge on any atom is 0.322 e. The molecule has 0 radical (unpaired) electrons. The van der Waals surface area contributed by atoms with E-state index in [4.69, 9.17) is 26.8 Å². The first kappa shape index (κ1) is 12.6. The molecular weight excluding hydrogens is 254 g/mol.